The molecule has 2 aromatic heterocycles. The van der Waals surface area contributed by atoms with E-state index in [0.29, 0.717) is 22.3 Å². The van der Waals surface area contributed by atoms with Crippen LogP contribution in [-0.4, -0.2) is 60.6 Å². The largest absolute Gasteiger partial charge is 0.351 e. The Hall–Kier alpha value is -2.05. The van der Waals surface area contributed by atoms with Gasteiger partial charge in [-0.05, 0) is 30.0 Å². The van der Waals surface area contributed by atoms with Crippen molar-refractivity contribution in [2.75, 3.05) is 26.2 Å². The van der Waals surface area contributed by atoms with E-state index >= 15 is 0 Å². The summed E-state index contributed by atoms with van der Waals surface area (Å²) >= 11 is 8.45. The summed E-state index contributed by atoms with van der Waals surface area (Å²) in [6.07, 6.45) is 0.833. The van der Waals surface area contributed by atoms with E-state index in [1.165, 1.54) is 15.6 Å². The lowest BCUT2D eigenvalue weighted by Crippen LogP contribution is -2.51. The van der Waals surface area contributed by atoms with Crippen molar-refractivity contribution in [1.82, 2.24) is 19.5 Å². The molecule has 1 saturated heterocycles. The van der Waals surface area contributed by atoms with Crippen LogP contribution < -0.4 is 5.32 Å². The second kappa shape index (κ2) is 9.44. The number of thiophene rings is 1. The average Bonchev–Trinajstić information content (AvgIpc) is 3.40. The molecule has 1 fully saturated rings. The normalized spacial score (nSPS) is 15.4. The molecule has 1 aromatic carbocycles. The van der Waals surface area contributed by atoms with Gasteiger partial charge in [0.1, 0.15) is 14.9 Å². The van der Waals surface area contributed by atoms with Gasteiger partial charge in [-0.3, -0.25) is 9.59 Å². The Morgan fingerprint density at radius 1 is 1.28 bits per heavy atom. The van der Waals surface area contributed by atoms with Crippen LogP contribution >= 0.6 is 34.3 Å². The predicted octanol–water partition coefficient (Wildman–Crippen LogP) is 3.18. The summed E-state index contributed by atoms with van der Waals surface area (Å²) in [4.78, 5) is 30.6. The molecule has 0 atom stereocenters. The van der Waals surface area contributed by atoms with Gasteiger partial charge in [0.15, 0.2) is 0 Å². The number of amides is 2. The lowest BCUT2D eigenvalue weighted by molar-refractivity contribution is -0.134. The number of carbonyl (C=O) groups excluding carboxylic acids is 2. The summed E-state index contributed by atoms with van der Waals surface area (Å²) in [7, 11) is -3.79. The second-order valence-corrected chi connectivity index (χ2v) is 11.9. The number of hydrogen-bond donors (Lipinski definition) is 1. The van der Waals surface area contributed by atoms with Gasteiger partial charge in [0, 0.05) is 34.7 Å². The summed E-state index contributed by atoms with van der Waals surface area (Å²) in [6, 6.07) is 6.84. The molecular weight excluding hydrogens is 492 g/mol. The highest BCUT2D eigenvalue weighted by molar-refractivity contribution is 7.91. The molecule has 170 valence electrons. The Kier molecular flexibility index (Phi) is 6.82. The fourth-order valence-corrected chi connectivity index (χ4v) is 7.27. The van der Waals surface area contributed by atoms with Crippen LogP contribution in [0, 0.1) is 0 Å². The van der Waals surface area contributed by atoms with E-state index in [4.69, 9.17) is 11.6 Å². The molecule has 12 heteroatoms. The van der Waals surface area contributed by atoms with Crippen molar-refractivity contribution < 1.29 is 18.0 Å². The average molecular weight is 513 g/mol. The van der Waals surface area contributed by atoms with E-state index < -0.39 is 10.0 Å². The van der Waals surface area contributed by atoms with Crippen LogP contribution in [-0.2, 0) is 21.4 Å². The van der Waals surface area contributed by atoms with Gasteiger partial charge >= 0.3 is 0 Å². The molecule has 0 radical (unpaired) electrons. The van der Waals surface area contributed by atoms with E-state index in [-0.39, 0.29) is 42.2 Å². The summed E-state index contributed by atoms with van der Waals surface area (Å²) in [5.74, 6) is -0.530. The van der Waals surface area contributed by atoms with Crippen LogP contribution in [0.1, 0.15) is 28.8 Å². The first-order chi connectivity index (χ1) is 15.3. The highest BCUT2D eigenvalue weighted by Gasteiger charge is 2.34. The zero-order valence-electron chi connectivity index (χ0n) is 17.2. The lowest BCUT2D eigenvalue weighted by Gasteiger charge is -2.32. The molecule has 0 saturated carbocycles. The zero-order valence-corrected chi connectivity index (χ0v) is 20.4. The highest BCUT2D eigenvalue weighted by Crippen LogP contribution is 2.33. The van der Waals surface area contributed by atoms with E-state index in [9.17, 15) is 18.0 Å². The van der Waals surface area contributed by atoms with E-state index in [1.807, 2.05) is 6.92 Å². The van der Waals surface area contributed by atoms with Gasteiger partial charge in [0.05, 0.1) is 13.1 Å². The number of rotatable bonds is 7. The molecule has 8 nitrogen and oxygen atoms in total. The third-order valence-corrected chi connectivity index (χ3v) is 9.44. The molecule has 0 spiro atoms. The molecule has 0 bridgehead atoms. The minimum atomic E-state index is -3.79. The van der Waals surface area contributed by atoms with Gasteiger partial charge in [-0.1, -0.05) is 24.6 Å². The van der Waals surface area contributed by atoms with Crippen molar-refractivity contribution in [3.63, 3.8) is 0 Å². The summed E-state index contributed by atoms with van der Waals surface area (Å²) < 4.78 is 28.4. The maximum Gasteiger partial charge on any atom is 0.270 e. The molecule has 1 N–H and O–H groups in total. The van der Waals surface area contributed by atoms with Crippen LogP contribution in [0.4, 0.5) is 0 Å². The van der Waals surface area contributed by atoms with Gasteiger partial charge < -0.3 is 10.2 Å². The number of nitrogens with one attached hydrogen (secondary N) is 1. The van der Waals surface area contributed by atoms with E-state index in [0.717, 1.165) is 27.8 Å². The molecule has 0 unspecified atom stereocenters. The summed E-state index contributed by atoms with van der Waals surface area (Å²) in [6.45, 7) is 3.01. The van der Waals surface area contributed by atoms with Crippen molar-refractivity contribution in [2.45, 2.75) is 24.1 Å². The van der Waals surface area contributed by atoms with Crippen LogP contribution in [0.15, 0.2) is 33.9 Å². The van der Waals surface area contributed by atoms with Crippen LogP contribution in [0.2, 0.25) is 5.02 Å². The standard InChI is InChI=1S/C20H21ClN4O4S3/c1-2-5-22-20(27)15-12-30-17(23-15)10-24-6-7-25(11-18(24)26)32(28,29)19-8-13-3-4-14(21)9-16(13)31-19/h3-4,8-9,12H,2,5-7,10-11H2,1H3,(H,22,27). The number of fused-ring (bicyclic) bond motifs is 1. The molecule has 1 aliphatic heterocycles. The number of nitrogens with zero attached hydrogens (tertiary/aromatic N) is 3. The first kappa shape index (κ1) is 23.1. The molecule has 3 heterocycles. The first-order valence-corrected chi connectivity index (χ1v) is 13.5. The molecule has 1 aliphatic rings. The Balaban J connectivity index is 1.42. The highest BCUT2D eigenvalue weighted by atomic mass is 35.5. The second-order valence-electron chi connectivity index (χ2n) is 7.28. The fraction of sp³-hybridized carbons (Fsp3) is 0.350. The fourth-order valence-electron chi connectivity index (χ4n) is 3.27. The molecular formula is C20H21ClN4O4S3. The topological polar surface area (TPSA) is 99.7 Å². The number of carbonyl (C=O) groups is 2. The number of halogens is 1. The Bertz CT molecular complexity index is 1270. The summed E-state index contributed by atoms with van der Waals surface area (Å²) in [5, 5.41) is 6.41. The van der Waals surface area contributed by atoms with Gasteiger partial charge in [0.25, 0.3) is 15.9 Å². The SMILES string of the molecule is CCCNC(=O)c1csc(CN2CCN(S(=O)(=O)c3cc4ccc(Cl)cc4s3)CC2=O)n1. The number of hydrogen-bond acceptors (Lipinski definition) is 7. The van der Waals surface area contributed by atoms with Crippen molar-refractivity contribution in [2.24, 2.45) is 0 Å². The maximum absolute atomic E-state index is 13.1. The van der Waals surface area contributed by atoms with Gasteiger partial charge in [-0.25, -0.2) is 13.4 Å². The number of piperazine rings is 1. The minimum Gasteiger partial charge on any atom is -0.351 e. The maximum atomic E-state index is 13.1. The monoisotopic (exact) mass is 512 g/mol. The van der Waals surface area contributed by atoms with E-state index in [1.54, 1.807) is 34.5 Å². The molecule has 0 aliphatic carbocycles. The van der Waals surface area contributed by atoms with E-state index in [2.05, 4.69) is 10.3 Å². The van der Waals surface area contributed by atoms with Gasteiger partial charge in [-0.15, -0.1) is 22.7 Å². The smallest absolute Gasteiger partial charge is 0.270 e. The molecule has 32 heavy (non-hydrogen) atoms. The van der Waals surface area contributed by atoms with Gasteiger partial charge in [-0.2, -0.15) is 4.31 Å². The quantitative estimate of drug-likeness (QED) is 0.524. The Labute approximate surface area is 198 Å². The van der Waals surface area contributed by atoms with Crippen molar-refractivity contribution in [3.05, 3.63) is 45.4 Å². The predicted molar refractivity (Wildman–Crippen MR) is 126 cm³/mol. The molecule has 2 amide bonds. The first-order valence-electron chi connectivity index (χ1n) is 9.97. The third kappa shape index (κ3) is 4.81. The number of aromatic nitrogens is 1. The third-order valence-electron chi connectivity index (χ3n) is 4.98. The Morgan fingerprint density at radius 2 is 2.09 bits per heavy atom. The van der Waals surface area contributed by atoms with Crippen molar-refractivity contribution >= 4 is 66.2 Å². The number of thiazole rings is 1. The summed E-state index contributed by atoms with van der Waals surface area (Å²) in [5.41, 5.74) is 0.331. The van der Waals surface area contributed by atoms with Crippen molar-refractivity contribution in [1.29, 1.82) is 0 Å². The van der Waals surface area contributed by atoms with Crippen LogP contribution in [0.5, 0.6) is 0 Å². The van der Waals surface area contributed by atoms with Crippen molar-refractivity contribution in [3.8, 4) is 0 Å². The molecule has 4 rings (SSSR count). The van der Waals surface area contributed by atoms with Crippen LogP contribution in [0.25, 0.3) is 10.1 Å². The lowest BCUT2D eigenvalue weighted by atomic mass is 10.3. The number of benzene rings is 1. The zero-order chi connectivity index (χ0) is 22.9. The van der Waals surface area contributed by atoms with Crippen LogP contribution in [0.3, 0.4) is 0 Å². The minimum absolute atomic E-state index is 0.193. The van der Waals surface area contributed by atoms with Gasteiger partial charge in [0.2, 0.25) is 5.91 Å². The number of sulfonamides is 1. The molecule has 3 aromatic rings. The Morgan fingerprint density at radius 3 is 2.84 bits per heavy atom.